The van der Waals surface area contributed by atoms with Gasteiger partial charge in [-0.05, 0) is 50.3 Å². The number of aromatic hydroxyl groups is 1. The molecular weight excluding hydrogens is 468 g/mol. The first-order chi connectivity index (χ1) is 16.7. The van der Waals surface area contributed by atoms with Gasteiger partial charge in [-0.25, -0.2) is 0 Å². The summed E-state index contributed by atoms with van der Waals surface area (Å²) in [7, 11) is 0. The molecule has 184 valence electrons. The number of primary amides is 1. The fourth-order valence-corrected chi connectivity index (χ4v) is 6.61. The summed E-state index contributed by atoms with van der Waals surface area (Å²) >= 11 is 1.35. The van der Waals surface area contributed by atoms with Crippen LogP contribution in [-0.2, 0) is 22.5 Å². The van der Waals surface area contributed by atoms with Gasteiger partial charge in [-0.15, -0.1) is 11.3 Å². The maximum atomic E-state index is 14.0. The highest BCUT2D eigenvalue weighted by Gasteiger charge is 2.33. The number of phenolic OH excluding ortho intramolecular Hbond substituents is 1. The molecule has 0 unspecified atom stereocenters. The van der Waals surface area contributed by atoms with E-state index >= 15 is 0 Å². The molecule has 3 aromatic rings. The molecule has 0 radical (unpaired) electrons. The van der Waals surface area contributed by atoms with Crippen molar-refractivity contribution in [3.63, 3.8) is 0 Å². The van der Waals surface area contributed by atoms with Gasteiger partial charge in [-0.3, -0.25) is 19.0 Å². The number of aromatic nitrogens is 1. The van der Waals surface area contributed by atoms with Crippen LogP contribution in [0.25, 0.3) is 15.8 Å². The molecule has 10 heteroatoms. The lowest BCUT2D eigenvalue weighted by Gasteiger charge is -2.32. The van der Waals surface area contributed by atoms with E-state index in [1.807, 2.05) is 0 Å². The normalized spacial score (nSPS) is 16.5. The Bertz CT molecular complexity index is 1430. The Morgan fingerprint density at radius 2 is 1.91 bits per heavy atom. The smallest absolute Gasteiger partial charge is 0.265 e. The second-order valence-electron chi connectivity index (χ2n) is 9.24. The highest BCUT2D eigenvalue weighted by Crippen LogP contribution is 2.39. The van der Waals surface area contributed by atoms with Crippen LogP contribution < -0.4 is 17.0 Å². The van der Waals surface area contributed by atoms with Crippen molar-refractivity contribution in [2.24, 2.45) is 11.7 Å². The number of carbonyl (C=O) groups is 2. The molecule has 5 rings (SSSR count). The SMILES string of the molecule is Cc1ccc(O)c(C)c1-n1c(N)c(C(N)=O)c2sc3c(c2c1=O)CN(C(=O)C1CCOCC1)CC3. The van der Waals surface area contributed by atoms with Crippen molar-refractivity contribution in [3.8, 4) is 11.4 Å². The number of phenols is 1. The lowest BCUT2D eigenvalue weighted by atomic mass is 9.96. The number of thiophene rings is 1. The van der Waals surface area contributed by atoms with Crippen LogP contribution in [0.1, 0.15) is 44.8 Å². The molecule has 0 bridgehead atoms. The number of hydrogen-bond acceptors (Lipinski definition) is 7. The van der Waals surface area contributed by atoms with E-state index in [1.165, 1.54) is 15.9 Å². The Hall–Kier alpha value is -3.37. The largest absolute Gasteiger partial charge is 0.508 e. The van der Waals surface area contributed by atoms with Gasteiger partial charge in [-0.2, -0.15) is 0 Å². The summed E-state index contributed by atoms with van der Waals surface area (Å²) in [6.45, 7) is 5.49. The molecule has 2 aliphatic rings. The van der Waals surface area contributed by atoms with Crippen LogP contribution in [0.5, 0.6) is 5.75 Å². The third-order valence-corrected chi connectivity index (χ3v) is 8.46. The van der Waals surface area contributed by atoms with Crippen molar-refractivity contribution in [2.45, 2.75) is 39.7 Å². The molecule has 35 heavy (non-hydrogen) atoms. The van der Waals surface area contributed by atoms with E-state index in [1.54, 1.807) is 30.9 Å². The molecule has 2 aromatic heterocycles. The number of hydrogen-bond donors (Lipinski definition) is 3. The number of ether oxygens (including phenoxy) is 1. The Labute approximate surface area is 205 Å². The molecule has 0 aliphatic carbocycles. The van der Waals surface area contributed by atoms with Gasteiger partial charge in [0.1, 0.15) is 11.6 Å². The highest BCUT2D eigenvalue weighted by atomic mass is 32.1. The molecule has 0 saturated carbocycles. The van der Waals surface area contributed by atoms with Crippen molar-refractivity contribution < 1.29 is 19.4 Å². The molecule has 1 aromatic carbocycles. The lowest BCUT2D eigenvalue weighted by Crippen LogP contribution is -2.41. The fraction of sp³-hybridized carbons (Fsp3) is 0.400. The number of benzene rings is 1. The minimum atomic E-state index is -0.731. The maximum Gasteiger partial charge on any atom is 0.265 e. The van der Waals surface area contributed by atoms with E-state index in [0.717, 1.165) is 10.4 Å². The van der Waals surface area contributed by atoms with Crippen molar-refractivity contribution in [3.05, 3.63) is 49.6 Å². The minimum absolute atomic E-state index is 0.0122. The van der Waals surface area contributed by atoms with E-state index < -0.39 is 11.5 Å². The van der Waals surface area contributed by atoms with E-state index in [0.29, 0.717) is 72.5 Å². The van der Waals surface area contributed by atoms with Gasteiger partial charge in [-0.1, -0.05) is 6.07 Å². The van der Waals surface area contributed by atoms with Crippen LogP contribution in [0.15, 0.2) is 16.9 Å². The second-order valence-corrected chi connectivity index (χ2v) is 10.3. The number of nitrogens with two attached hydrogens (primary N) is 2. The number of rotatable bonds is 3. The topological polar surface area (TPSA) is 141 Å². The van der Waals surface area contributed by atoms with Gasteiger partial charge in [0.15, 0.2) is 0 Å². The Morgan fingerprint density at radius 1 is 1.20 bits per heavy atom. The zero-order chi connectivity index (χ0) is 25.0. The monoisotopic (exact) mass is 496 g/mol. The molecule has 1 fully saturated rings. The number of aryl methyl sites for hydroxylation is 1. The number of amides is 2. The van der Waals surface area contributed by atoms with E-state index in [2.05, 4.69) is 0 Å². The van der Waals surface area contributed by atoms with Crippen molar-refractivity contribution in [1.82, 2.24) is 9.47 Å². The molecule has 4 heterocycles. The molecule has 0 spiro atoms. The highest BCUT2D eigenvalue weighted by molar-refractivity contribution is 7.19. The molecule has 2 aliphatic heterocycles. The zero-order valence-electron chi connectivity index (χ0n) is 19.7. The van der Waals surface area contributed by atoms with Gasteiger partial charge >= 0.3 is 0 Å². The van der Waals surface area contributed by atoms with E-state index in [-0.39, 0.29) is 29.0 Å². The van der Waals surface area contributed by atoms with Gasteiger partial charge < -0.3 is 26.2 Å². The summed E-state index contributed by atoms with van der Waals surface area (Å²) in [6, 6.07) is 3.24. The Kier molecular flexibility index (Phi) is 5.80. The van der Waals surface area contributed by atoms with Crippen molar-refractivity contribution >= 4 is 39.1 Å². The standard InChI is InChI=1S/C25H28N4O5S/c1-12-3-4-16(30)13(2)20(12)29-22(26)19(23(27)31)21-18(25(29)33)15-11-28(8-5-17(15)35-21)24(32)14-6-9-34-10-7-14/h3-4,14,30H,5-11,26H2,1-2H3,(H2,27,31). The summed E-state index contributed by atoms with van der Waals surface area (Å²) in [5.41, 5.74) is 14.2. The van der Waals surface area contributed by atoms with Crippen LogP contribution in [0, 0.1) is 19.8 Å². The fourth-order valence-electron chi connectivity index (χ4n) is 5.26. The summed E-state index contributed by atoms with van der Waals surface area (Å²) in [5.74, 6) is -0.783. The number of pyridine rings is 1. The average molecular weight is 497 g/mol. The average Bonchev–Trinajstić information content (AvgIpc) is 3.21. The molecule has 2 amide bonds. The minimum Gasteiger partial charge on any atom is -0.508 e. The van der Waals surface area contributed by atoms with Crippen LogP contribution in [-0.4, -0.2) is 46.1 Å². The van der Waals surface area contributed by atoms with Gasteiger partial charge in [0.25, 0.3) is 11.5 Å². The summed E-state index contributed by atoms with van der Waals surface area (Å²) in [4.78, 5) is 42.5. The van der Waals surface area contributed by atoms with E-state index in [4.69, 9.17) is 16.2 Å². The molecule has 9 nitrogen and oxygen atoms in total. The number of carbonyl (C=O) groups excluding carboxylic acids is 2. The van der Waals surface area contributed by atoms with Gasteiger partial charge in [0.05, 0.1) is 21.3 Å². The summed E-state index contributed by atoms with van der Waals surface area (Å²) < 4.78 is 7.13. The second kappa shape index (κ2) is 8.69. The van der Waals surface area contributed by atoms with Crippen LogP contribution >= 0.6 is 11.3 Å². The molecule has 0 atom stereocenters. The maximum absolute atomic E-state index is 14.0. The van der Waals surface area contributed by atoms with Crippen LogP contribution in [0.3, 0.4) is 0 Å². The zero-order valence-corrected chi connectivity index (χ0v) is 20.5. The van der Waals surface area contributed by atoms with Gasteiger partial charge in [0.2, 0.25) is 5.91 Å². The van der Waals surface area contributed by atoms with Crippen LogP contribution in [0.4, 0.5) is 5.82 Å². The predicted molar refractivity (Wildman–Crippen MR) is 134 cm³/mol. The quantitative estimate of drug-likeness (QED) is 0.508. The van der Waals surface area contributed by atoms with Crippen molar-refractivity contribution in [1.29, 1.82) is 0 Å². The van der Waals surface area contributed by atoms with Gasteiger partial charge in [0, 0.05) is 42.7 Å². The molecule has 5 N–H and O–H groups in total. The predicted octanol–water partition coefficient (Wildman–Crippen LogP) is 2.37. The van der Waals surface area contributed by atoms with E-state index in [9.17, 15) is 19.5 Å². The lowest BCUT2D eigenvalue weighted by molar-refractivity contribution is -0.139. The third kappa shape index (κ3) is 3.68. The molecule has 1 saturated heterocycles. The number of nitrogen functional groups attached to an aromatic ring is 1. The third-order valence-electron chi connectivity index (χ3n) is 7.15. The first kappa shape index (κ1) is 23.4. The summed E-state index contributed by atoms with van der Waals surface area (Å²) in [6.07, 6.45) is 1.97. The Morgan fingerprint density at radius 3 is 2.60 bits per heavy atom. The van der Waals surface area contributed by atoms with Crippen LogP contribution in [0.2, 0.25) is 0 Å². The number of fused-ring (bicyclic) bond motifs is 3. The number of anilines is 1. The first-order valence-corrected chi connectivity index (χ1v) is 12.5. The first-order valence-electron chi connectivity index (χ1n) is 11.6. The molecular formula is C25H28N4O5S. The summed E-state index contributed by atoms with van der Waals surface area (Å²) in [5, 5.41) is 10.7. The number of nitrogens with zero attached hydrogens (tertiary/aromatic N) is 2. The van der Waals surface area contributed by atoms with Crippen molar-refractivity contribution in [2.75, 3.05) is 25.5 Å². The Balaban J connectivity index is 1.72.